The highest BCUT2D eigenvalue weighted by molar-refractivity contribution is 6.32. The van der Waals surface area contributed by atoms with E-state index < -0.39 is 18.0 Å². The molecule has 0 saturated heterocycles. The molecule has 5 nitrogen and oxygen atoms in total. The number of aliphatic carboxylic acids is 1. The first-order chi connectivity index (χ1) is 8.47. The Kier molecular flexibility index (Phi) is 4.97. The van der Waals surface area contributed by atoms with Gasteiger partial charge in [0.1, 0.15) is 5.56 Å². The Morgan fingerprint density at radius 1 is 1.39 bits per heavy atom. The van der Waals surface area contributed by atoms with Crippen LogP contribution < -0.4 is 4.74 Å². The zero-order valence-electron chi connectivity index (χ0n) is 9.72. The summed E-state index contributed by atoms with van der Waals surface area (Å²) in [7, 11) is 0. The number of hydrogen-bond donors (Lipinski definition) is 2. The van der Waals surface area contributed by atoms with Gasteiger partial charge < -0.3 is 14.9 Å². The van der Waals surface area contributed by atoms with Crippen LogP contribution in [0.25, 0.3) is 0 Å². The molecule has 2 N–H and O–H groups in total. The SMILES string of the molecule is CCCC(Oc1c(Cl)cccc1C(=O)O)C(=O)O. The number of carboxylic acid groups (broad SMARTS) is 2. The summed E-state index contributed by atoms with van der Waals surface area (Å²) in [5.41, 5.74) is -0.148. The molecule has 6 heteroatoms. The summed E-state index contributed by atoms with van der Waals surface area (Å²) in [6.07, 6.45) is -0.225. The van der Waals surface area contributed by atoms with Gasteiger partial charge in [0.05, 0.1) is 5.02 Å². The van der Waals surface area contributed by atoms with Crippen LogP contribution in [0.1, 0.15) is 30.1 Å². The maximum Gasteiger partial charge on any atom is 0.344 e. The Morgan fingerprint density at radius 2 is 2.06 bits per heavy atom. The molecule has 0 radical (unpaired) electrons. The van der Waals surface area contributed by atoms with Crippen LogP contribution in [-0.2, 0) is 4.79 Å². The summed E-state index contributed by atoms with van der Waals surface area (Å²) in [5.74, 6) is -2.46. The van der Waals surface area contributed by atoms with E-state index in [1.54, 1.807) is 0 Å². The zero-order chi connectivity index (χ0) is 13.7. The van der Waals surface area contributed by atoms with E-state index in [4.69, 9.17) is 26.6 Å². The molecule has 0 aliphatic carbocycles. The fraction of sp³-hybridized carbons (Fsp3) is 0.333. The molecule has 98 valence electrons. The molecule has 0 spiro atoms. The minimum Gasteiger partial charge on any atom is -0.479 e. The monoisotopic (exact) mass is 272 g/mol. The lowest BCUT2D eigenvalue weighted by molar-refractivity contribution is -0.145. The average molecular weight is 273 g/mol. The number of halogens is 1. The lowest BCUT2D eigenvalue weighted by atomic mass is 10.1. The van der Waals surface area contributed by atoms with Gasteiger partial charge >= 0.3 is 11.9 Å². The summed E-state index contributed by atoms with van der Waals surface area (Å²) in [5, 5.41) is 18.0. The summed E-state index contributed by atoms with van der Waals surface area (Å²) in [4.78, 5) is 22.0. The number of carbonyl (C=O) groups is 2. The molecule has 0 bridgehead atoms. The van der Waals surface area contributed by atoms with Gasteiger partial charge in [-0.1, -0.05) is 31.0 Å². The van der Waals surface area contributed by atoms with Crippen molar-refractivity contribution in [2.45, 2.75) is 25.9 Å². The first-order valence-electron chi connectivity index (χ1n) is 5.38. The summed E-state index contributed by atoms with van der Waals surface area (Å²) in [6, 6.07) is 4.23. The first kappa shape index (κ1) is 14.3. The lowest BCUT2D eigenvalue weighted by Gasteiger charge is -2.16. The van der Waals surface area contributed by atoms with Crippen molar-refractivity contribution in [3.63, 3.8) is 0 Å². The molecule has 0 heterocycles. The fourth-order valence-electron chi connectivity index (χ4n) is 1.43. The number of para-hydroxylation sites is 1. The smallest absolute Gasteiger partial charge is 0.344 e. The van der Waals surface area contributed by atoms with E-state index in [1.165, 1.54) is 18.2 Å². The van der Waals surface area contributed by atoms with Crippen molar-refractivity contribution < 1.29 is 24.5 Å². The normalized spacial score (nSPS) is 11.9. The van der Waals surface area contributed by atoms with Crippen LogP contribution in [0.5, 0.6) is 5.75 Å². The van der Waals surface area contributed by atoms with Crippen LogP contribution in [0.2, 0.25) is 5.02 Å². The predicted octanol–water partition coefficient (Wildman–Crippen LogP) is 2.67. The quantitative estimate of drug-likeness (QED) is 0.832. The van der Waals surface area contributed by atoms with Crippen LogP contribution >= 0.6 is 11.6 Å². The number of carboxylic acids is 2. The molecule has 0 fully saturated rings. The Balaban J connectivity index is 3.08. The van der Waals surface area contributed by atoms with Crippen LogP contribution in [0.4, 0.5) is 0 Å². The van der Waals surface area contributed by atoms with Gasteiger partial charge in [-0.3, -0.25) is 0 Å². The second-order valence-corrected chi connectivity index (χ2v) is 4.06. The Labute approximate surface area is 109 Å². The van der Waals surface area contributed by atoms with E-state index in [2.05, 4.69) is 0 Å². The molecule has 0 aliphatic rings. The topological polar surface area (TPSA) is 83.8 Å². The van der Waals surface area contributed by atoms with E-state index >= 15 is 0 Å². The minimum absolute atomic E-state index is 0.0808. The molecular weight excluding hydrogens is 260 g/mol. The molecule has 1 rings (SSSR count). The standard InChI is InChI=1S/C12H13ClO5/c1-2-4-9(12(16)17)18-10-7(11(14)15)5-3-6-8(10)13/h3,5-6,9H,2,4H2,1H3,(H,14,15)(H,16,17). The summed E-state index contributed by atoms with van der Waals surface area (Å²) in [6.45, 7) is 1.81. The van der Waals surface area contributed by atoms with Gasteiger partial charge in [0.2, 0.25) is 0 Å². The highest BCUT2D eigenvalue weighted by Crippen LogP contribution is 2.30. The van der Waals surface area contributed by atoms with Crippen molar-refractivity contribution in [2.24, 2.45) is 0 Å². The number of aromatic carboxylic acids is 1. The van der Waals surface area contributed by atoms with E-state index in [-0.39, 0.29) is 22.8 Å². The highest BCUT2D eigenvalue weighted by atomic mass is 35.5. The predicted molar refractivity (Wildman–Crippen MR) is 65.4 cm³/mol. The van der Waals surface area contributed by atoms with Crippen molar-refractivity contribution >= 4 is 23.5 Å². The van der Waals surface area contributed by atoms with E-state index in [0.717, 1.165) is 0 Å². The Bertz CT molecular complexity index is 458. The molecule has 18 heavy (non-hydrogen) atoms. The van der Waals surface area contributed by atoms with Gasteiger partial charge in [0, 0.05) is 0 Å². The highest BCUT2D eigenvalue weighted by Gasteiger charge is 2.23. The molecule has 0 aromatic heterocycles. The number of ether oxygens (including phenoxy) is 1. The third-order valence-electron chi connectivity index (χ3n) is 2.28. The second kappa shape index (κ2) is 6.26. The summed E-state index contributed by atoms with van der Waals surface area (Å²) < 4.78 is 5.23. The van der Waals surface area contributed by atoms with Crippen molar-refractivity contribution in [2.75, 3.05) is 0 Å². The Hall–Kier alpha value is -1.75. The largest absolute Gasteiger partial charge is 0.479 e. The molecule has 0 saturated carbocycles. The van der Waals surface area contributed by atoms with Crippen LogP contribution in [0.3, 0.4) is 0 Å². The third kappa shape index (κ3) is 3.37. The lowest BCUT2D eigenvalue weighted by Crippen LogP contribution is -2.27. The number of benzene rings is 1. The van der Waals surface area contributed by atoms with E-state index in [1.807, 2.05) is 6.92 Å². The van der Waals surface area contributed by atoms with Gasteiger partial charge in [-0.05, 0) is 18.6 Å². The van der Waals surface area contributed by atoms with Crippen LogP contribution in [0, 0.1) is 0 Å². The van der Waals surface area contributed by atoms with Crippen LogP contribution in [-0.4, -0.2) is 28.3 Å². The van der Waals surface area contributed by atoms with Crippen molar-refractivity contribution in [1.29, 1.82) is 0 Å². The molecule has 1 atom stereocenters. The molecule has 1 unspecified atom stereocenters. The van der Waals surface area contributed by atoms with Crippen molar-refractivity contribution in [3.05, 3.63) is 28.8 Å². The first-order valence-corrected chi connectivity index (χ1v) is 5.76. The van der Waals surface area contributed by atoms with E-state index in [0.29, 0.717) is 6.42 Å². The summed E-state index contributed by atoms with van der Waals surface area (Å²) >= 11 is 5.84. The molecule has 0 amide bonds. The maximum absolute atomic E-state index is 11.0. The van der Waals surface area contributed by atoms with Gasteiger partial charge in [-0.2, -0.15) is 0 Å². The third-order valence-corrected chi connectivity index (χ3v) is 2.58. The van der Waals surface area contributed by atoms with E-state index in [9.17, 15) is 9.59 Å². The molecule has 1 aromatic rings. The average Bonchev–Trinajstić information content (AvgIpc) is 2.30. The maximum atomic E-state index is 11.0. The van der Waals surface area contributed by atoms with Gasteiger partial charge in [0.25, 0.3) is 0 Å². The fourth-order valence-corrected chi connectivity index (χ4v) is 1.65. The molecule has 1 aromatic carbocycles. The number of rotatable bonds is 6. The van der Waals surface area contributed by atoms with Crippen molar-refractivity contribution in [3.8, 4) is 5.75 Å². The van der Waals surface area contributed by atoms with Crippen LogP contribution in [0.15, 0.2) is 18.2 Å². The second-order valence-electron chi connectivity index (χ2n) is 3.66. The minimum atomic E-state index is -1.21. The van der Waals surface area contributed by atoms with Crippen molar-refractivity contribution in [1.82, 2.24) is 0 Å². The molecule has 0 aliphatic heterocycles. The van der Waals surface area contributed by atoms with Gasteiger partial charge in [-0.25, -0.2) is 9.59 Å². The van der Waals surface area contributed by atoms with Gasteiger partial charge in [0.15, 0.2) is 11.9 Å². The Morgan fingerprint density at radius 3 is 2.56 bits per heavy atom. The van der Waals surface area contributed by atoms with Gasteiger partial charge in [-0.15, -0.1) is 0 Å². The number of hydrogen-bond acceptors (Lipinski definition) is 3. The molecular formula is C12H13ClO5. The zero-order valence-corrected chi connectivity index (χ0v) is 10.5.